The molecule has 11 nitrogen and oxygen atoms in total. The first kappa shape index (κ1) is 22.2. The van der Waals surface area contributed by atoms with Crippen molar-refractivity contribution in [1.29, 1.82) is 0 Å². The highest BCUT2D eigenvalue weighted by molar-refractivity contribution is 5.91. The van der Waals surface area contributed by atoms with Gasteiger partial charge in [0.1, 0.15) is 6.33 Å². The maximum atomic E-state index is 11.9. The van der Waals surface area contributed by atoms with Crippen molar-refractivity contribution in [2.45, 2.75) is 13.8 Å². The zero-order valence-electron chi connectivity index (χ0n) is 17.3. The van der Waals surface area contributed by atoms with E-state index in [2.05, 4.69) is 25.9 Å². The van der Waals surface area contributed by atoms with Gasteiger partial charge in [0.25, 0.3) is 0 Å². The molecule has 1 amide bonds. The molecule has 0 atom stereocenters. The van der Waals surface area contributed by atoms with Crippen molar-refractivity contribution in [2.24, 2.45) is 0 Å². The first-order valence-corrected chi connectivity index (χ1v) is 9.55. The minimum Gasteiger partial charge on any atom is -0.462 e. The second-order valence-corrected chi connectivity index (χ2v) is 6.49. The smallest absolute Gasteiger partial charge is 0.353 e. The standard InChI is InChI=1S/C21H20N6O5/c1-3-32-21(29)14-5-4-6-17(11-14)26-20-18(27(30)31)19(22-12-23-20)25-16-9-7-15(8-10-16)24-13(2)28/h4-12H,3H2,1-2H3,(H,24,28)(H2,22,23,25,26). The maximum Gasteiger partial charge on any atom is 0.353 e. The van der Waals surface area contributed by atoms with Crippen molar-refractivity contribution in [3.8, 4) is 0 Å². The van der Waals surface area contributed by atoms with Gasteiger partial charge in [-0.15, -0.1) is 0 Å². The lowest BCUT2D eigenvalue weighted by molar-refractivity contribution is -0.383. The Morgan fingerprint density at radius 1 is 1.00 bits per heavy atom. The summed E-state index contributed by atoms with van der Waals surface area (Å²) >= 11 is 0. The Balaban J connectivity index is 1.87. The van der Waals surface area contributed by atoms with Crippen molar-refractivity contribution < 1.29 is 19.2 Å². The minimum absolute atomic E-state index is 0.0266. The molecule has 0 unspecified atom stereocenters. The molecule has 0 aliphatic rings. The van der Waals surface area contributed by atoms with Gasteiger partial charge >= 0.3 is 11.7 Å². The number of nitro groups is 1. The largest absolute Gasteiger partial charge is 0.462 e. The molecule has 164 valence electrons. The van der Waals surface area contributed by atoms with E-state index in [1.54, 1.807) is 49.4 Å². The predicted octanol–water partition coefficient (Wildman–Crippen LogP) is 4.01. The third kappa shape index (κ3) is 5.53. The summed E-state index contributed by atoms with van der Waals surface area (Å²) < 4.78 is 4.98. The van der Waals surface area contributed by atoms with Crippen LogP contribution in [0, 0.1) is 10.1 Å². The molecule has 0 saturated carbocycles. The lowest BCUT2D eigenvalue weighted by Crippen LogP contribution is -2.07. The van der Waals surface area contributed by atoms with Crippen LogP contribution in [0.1, 0.15) is 24.2 Å². The van der Waals surface area contributed by atoms with Crippen molar-refractivity contribution in [3.63, 3.8) is 0 Å². The van der Waals surface area contributed by atoms with E-state index in [1.807, 2.05) is 0 Å². The summed E-state index contributed by atoms with van der Waals surface area (Å²) in [6.45, 7) is 3.33. The van der Waals surface area contributed by atoms with Crippen LogP contribution < -0.4 is 16.0 Å². The monoisotopic (exact) mass is 436 g/mol. The highest BCUT2D eigenvalue weighted by atomic mass is 16.6. The molecule has 2 aromatic carbocycles. The molecule has 0 aliphatic heterocycles. The lowest BCUT2D eigenvalue weighted by Gasteiger charge is -2.11. The summed E-state index contributed by atoms with van der Waals surface area (Å²) in [6.07, 6.45) is 1.18. The fourth-order valence-corrected chi connectivity index (χ4v) is 2.79. The predicted molar refractivity (Wildman–Crippen MR) is 118 cm³/mol. The number of aromatic nitrogens is 2. The van der Waals surface area contributed by atoms with E-state index in [9.17, 15) is 19.7 Å². The van der Waals surface area contributed by atoms with Crippen LogP contribution in [0.2, 0.25) is 0 Å². The van der Waals surface area contributed by atoms with Crippen LogP contribution in [0.25, 0.3) is 0 Å². The van der Waals surface area contributed by atoms with E-state index in [0.717, 1.165) is 0 Å². The van der Waals surface area contributed by atoms with Crippen LogP contribution in [0.4, 0.5) is 34.4 Å². The van der Waals surface area contributed by atoms with E-state index < -0.39 is 10.9 Å². The Morgan fingerprint density at radius 3 is 2.22 bits per heavy atom. The molecule has 1 aromatic heterocycles. The fourth-order valence-electron chi connectivity index (χ4n) is 2.79. The number of nitrogens with one attached hydrogen (secondary N) is 3. The molecule has 3 N–H and O–H groups in total. The Morgan fingerprint density at radius 2 is 1.62 bits per heavy atom. The van der Waals surface area contributed by atoms with Crippen molar-refractivity contribution >= 4 is 46.3 Å². The third-order valence-electron chi connectivity index (χ3n) is 4.11. The second-order valence-electron chi connectivity index (χ2n) is 6.49. The van der Waals surface area contributed by atoms with Gasteiger partial charge in [0.2, 0.25) is 17.5 Å². The van der Waals surface area contributed by atoms with Gasteiger partial charge in [0.05, 0.1) is 17.1 Å². The topological polar surface area (TPSA) is 148 Å². The zero-order chi connectivity index (χ0) is 23.1. The lowest BCUT2D eigenvalue weighted by atomic mass is 10.2. The Bertz CT molecular complexity index is 1150. The number of hydrogen-bond acceptors (Lipinski definition) is 9. The molecule has 3 aromatic rings. The van der Waals surface area contributed by atoms with E-state index >= 15 is 0 Å². The van der Waals surface area contributed by atoms with Gasteiger partial charge in [0.15, 0.2) is 0 Å². The summed E-state index contributed by atoms with van der Waals surface area (Å²) in [5, 5.41) is 20.2. The number of benzene rings is 2. The number of nitrogens with zero attached hydrogens (tertiary/aromatic N) is 3. The number of carbonyl (C=O) groups is 2. The van der Waals surface area contributed by atoms with E-state index in [4.69, 9.17) is 4.74 Å². The zero-order valence-corrected chi connectivity index (χ0v) is 17.3. The van der Waals surface area contributed by atoms with Gasteiger partial charge in [0, 0.05) is 24.0 Å². The molecular weight excluding hydrogens is 416 g/mol. The fraction of sp³-hybridized carbons (Fsp3) is 0.143. The highest BCUT2D eigenvalue weighted by Crippen LogP contribution is 2.33. The molecule has 0 radical (unpaired) electrons. The number of esters is 1. The number of amides is 1. The number of hydrogen-bond donors (Lipinski definition) is 3. The maximum absolute atomic E-state index is 11.9. The molecule has 1 heterocycles. The van der Waals surface area contributed by atoms with Gasteiger partial charge in [-0.05, 0) is 49.4 Å². The normalized spacial score (nSPS) is 10.2. The molecule has 0 aliphatic carbocycles. The summed E-state index contributed by atoms with van der Waals surface area (Å²) in [7, 11) is 0. The average molecular weight is 436 g/mol. The molecular formula is C21H20N6O5. The molecule has 11 heteroatoms. The van der Waals surface area contributed by atoms with Gasteiger partial charge < -0.3 is 20.7 Å². The van der Waals surface area contributed by atoms with Crippen molar-refractivity contribution in [2.75, 3.05) is 22.6 Å². The number of carbonyl (C=O) groups excluding carboxylic acids is 2. The van der Waals surface area contributed by atoms with Crippen LogP contribution in [0.5, 0.6) is 0 Å². The minimum atomic E-state index is -0.606. The summed E-state index contributed by atoms with van der Waals surface area (Å²) in [5.74, 6) is -0.789. The Labute approximate surface area is 183 Å². The van der Waals surface area contributed by atoms with Crippen LogP contribution in [-0.4, -0.2) is 33.4 Å². The number of ether oxygens (including phenoxy) is 1. The van der Waals surface area contributed by atoms with Crippen LogP contribution in [0.3, 0.4) is 0 Å². The average Bonchev–Trinajstić information content (AvgIpc) is 2.75. The SMILES string of the molecule is CCOC(=O)c1cccc(Nc2ncnc(Nc3ccc(NC(C)=O)cc3)c2[N+](=O)[O-])c1. The van der Waals surface area contributed by atoms with Crippen LogP contribution >= 0.6 is 0 Å². The molecule has 0 saturated heterocycles. The van der Waals surface area contributed by atoms with Gasteiger partial charge in [-0.25, -0.2) is 14.8 Å². The first-order chi connectivity index (χ1) is 15.4. The quantitative estimate of drug-likeness (QED) is 0.270. The summed E-state index contributed by atoms with van der Waals surface area (Å²) in [5.41, 5.74) is 1.45. The van der Waals surface area contributed by atoms with Gasteiger partial charge in [-0.3, -0.25) is 14.9 Å². The molecule has 32 heavy (non-hydrogen) atoms. The highest BCUT2D eigenvalue weighted by Gasteiger charge is 2.23. The summed E-state index contributed by atoms with van der Waals surface area (Å²) in [4.78, 5) is 42.2. The van der Waals surface area contributed by atoms with Gasteiger partial charge in [-0.1, -0.05) is 6.07 Å². The molecule has 0 spiro atoms. The third-order valence-corrected chi connectivity index (χ3v) is 4.11. The van der Waals surface area contributed by atoms with Crippen molar-refractivity contribution in [3.05, 3.63) is 70.5 Å². The Hall–Kier alpha value is -4.54. The van der Waals surface area contributed by atoms with E-state index in [1.165, 1.54) is 19.3 Å². The second kappa shape index (κ2) is 9.98. The Kier molecular flexibility index (Phi) is 6.91. The number of anilines is 5. The number of rotatable bonds is 8. The van der Waals surface area contributed by atoms with Crippen molar-refractivity contribution in [1.82, 2.24) is 9.97 Å². The van der Waals surface area contributed by atoms with Crippen LogP contribution in [0.15, 0.2) is 54.9 Å². The molecule has 3 rings (SSSR count). The van der Waals surface area contributed by atoms with Gasteiger partial charge in [-0.2, -0.15) is 0 Å². The summed E-state index contributed by atoms with van der Waals surface area (Å²) in [6, 6.07) is 12.9. The van der Waals surface area contributed by atoms with E-state index in [0.29, 0.717) is 22.6 Å². The molecule has 0 bridgehead atoms. The van der Waals surface area contributed by atoms with Crippen LogP contribution in [-0.2, 0) is 9.53 Å². The first-order valence-electron chi connectivity index (χ1n) is 9.55. The van der Waals surface area contributed by atoms with E-state index in [-0.39, 0.29) is 29.8 Å². The molecule has 0 fully saturated rings.